The van der Waals surface area contributed by atoms with Crippen LogP contribution in [0.4, 0.5) is 0 Å². The van der Waals surface area contributed by atoms with Crippen LogP contribution >= 0.6 is 10.8 Å². The van der Waals surface area contributed by atoms with Gasteiger partial charge in [-0.15, -0.1) is 0 Å². The van der Waals surface area contributed by atoms with E-state index in [0.717, 1.165) is 28.0 Å². The van der Waals surface area contributed by atoms with E-state index in [1.807, 2.05) is 91.0 Å². The molecule has 1 heterocycles. The highest BCUT2D eigenvalue weighted by Crippen LogP contribution is 2.52. The van der Waals surface area contributed by atoms with E-state index in [1.54, 1.807) is 20.3 Å². The molecule has 176 valence electrons. The summed E-state index contributed by atoms with van der Waals surface area (Å²) in [6.45, 7) is 0.488. The molecule has 1 aromatic heterocycles. The van der Waals surface area contributed by atoms with Crippen molar-refractivity contribution in [3.05, 3.63) is 103 Å². The topological polar surface area (TPSA) is 60.0 Å². The molecule has 0 saturated carbocycles. The number of thiophene rings is 1. The maximum atomic E-state index is 13.6. The van der Waals surface area contributed by atoms with Crippen molar-refractivity contribution in [2.45, 2.75) is 6.61 Å². The van der Waals surface area contributed by atoms with Crippen molar-refractivity contribution in [2.75, 3.05) is 14.2 Å². The Morgan fingerprint density at radius 3 is 2.00 bits per heavy atom. The molecule has 4 aromatic carbocycles. The van der Waals surface area contributed by atoms with E-state index >= 15 is 0 Å². The smallest absolute Gasteiger partial charge is 0.223 e. The molecule has 0 aliphatic heterocycles. The molecule has 0 radical (unpaired) electrons. The van der Waals surface area contributed by atoms with Crippen LogP contribution < -0.4 is 18.9 Å². The number of ether oxygens (including phenoxy) is 4. The third-order valence-corrected chi connectivity index (χ3v) is 7.20. The van der Waals surface area contributed by atoms with Crippen LogP contribution in [-0.4, -0.2) is 18.8 Å². The summed E-state index contributed by atoms with van der Waals surface area (Å²) in [4.78, 5) is 0.611. The second kappa shape index (κ2) is 10.1. The number of methoxy groups -OCH3 is 2. The minimum Gasteiger partial charge on any atom is -0.590 e. The van der Waals surface area contributed by atoms with Crippen molar-refractivity contribution >= 4 is 20.8 Å². The van der Waals surface area contributed by atoms with Crippen LogP contribution in [-0.2, 0) is 6.61 Å². The van der Waals surface area contributed by atoms with Gasteiger partial charge in [0.1, 0.15) is 29.6 Å². The molecule has 0 N–H and O–H groups in total. The third-order valence-electron chi connectivity index (χ3n) is 5.67. The zero-order chi connectivity index (χ0) is 24.2. The summed E-state index contributed by atoms with van der Waals surface area (Å²) in [6, 6.07) is 30.4. The summed E-state index contributed by atoms with van der Waals surface area (Å²) in [6.07, 6.45) is 0. The second-order valence-corrected chi connectivity index (χ2v) is 9.25. The maximum Gasteiger partial charge on any atom is 0.223 e. The quantitative estimate of drug-likeness (QED) is 0.212. The molecule has 0 bridgehead atoms. The molecule has 35 heavy (non-hydrogen) atoms. The fraction of sp³-hybridized carbons (Fsp3) is 0.103. The van der Waals surface area contributed by atoms with Crippen molar-refractivity contribution in [3.63, 3.8) is 0 Å². The molecular formula is C29H24O5S. The summed E-state index contributed by atoms with van der Waals surface area (Å²) >= 11 is 0. The average Bonchev–Trinajstić information content (AvgIpc) is 3.19. The molecule has 0 aliphatic carbocycles. The Hall–Kier alpha value is -4.00. The molecule has 0 saturated heterocycles. The molecule has 5 rings (SSSR count). The Morgan fingerprint density at radius 2 is 1.31 bits per heavy atom. The number of hydrogen-bond donors (Lipinski definition) is 0. The molecule has 0 spiro atoms. The van der Waals surface area contributed by atoms with Crippen molar-refractivity contribution < 1.29 is 23.5 Å². The first kappa shape index (κ1) is 22.8. The van der Waals surface area contributed by atoms with Crippen molar-refractivity contribution in [1.29, 1.82) is 0 Å². The standard InChI is InChI=1S/C29H24O5S/c1-31-22-10-8-21(9-11-22)29-28(26-17-16-25(32-2)18-27(26)35(29)30)34-24-14-12-23(13-15-24)33-19-20-6-4-3-5-7-20/h3-18H,19H2,1-2H3. The first-order valence-corrected chi connectivity index (χ1v) is 12.2. The predicted octanol–water partition coefficient (Wildman–Crippen LogP) is 7.62. The molecular weight excluding hydrogens is 460 g/mol. The predicted molar refractivity (Wildman–Crippen MR) is 138 cm³/mol. The lowest BCUT2D eigenvalue weighted by Crippen LogP contribution is -1.94. The monoisotopic (exact) mass is 484 g/mol. The summed E-state index contributed by atoms with van der Waals surface area (Å²) in [5.41, 5.74) is 1.90. The van der Waals surface area contributed by atoms with E-state index in [9.17, 15) is 4.55 Å². The van der Waals surface area contributed by atoms with Gasteiger partial charge in [0, 0.05) is 11.6 Å². The molecule has 5 nitrogen and oxygen atoms in total. The van der Waals surface area contributed by atoms with Crippen molar-refractivity contribution in [3.8, 4) is 39.2 Å². The van der Waals surface area contributed by atoms with Gasteiger partial charge in [0.05, 0.1) is 19.6 Å². The van der Waals surface area contributed by atoms with Gasteiger partial charge in [-0.3, -0.25) is 0 Å². The fourth-order valence-electron chi connectivity index (χ4n) is 3.83. The lowest BCUT2D eigenvalue weighted by molar-refractivity contribution is 0.306. The van der Waals surface area contributed by atoms with Gasteiger partial charge < -0.3 is 23.5 Å². The highest BCUT2D eigenvalue weighted by Gasteiger charge is 2.27. The first-order valence-electron chi connectivity index (χ1n) is 11.1. The summed E-state index contributed by atoms with van der Waals surface area (Å²) in [5.74, 6) is 3.30. The van der Waals surface area contributed by atoms with Gasteiger partial charge in [-0.25, -0.2) is 0 Å². The Bertz CT molecular complexity index is 1420. The van der Waals surface area contributed by atoms with Crippen molar-refractivity contribution in [1.82, 2.24) is 0 Å². The molecule has 0 fully saturated rings. The van der Waals surface area contributed by atoms with Crippen LogP contribution in [0, 0.1) is 0 Å². The van der Waals surface area contributed by atoms with Gasteiger partial charge in [0.25, 0.3) is 0 Å². The van der Waals surface area contributed by atoms with Crippen LogP contribution in [0.25, 0.3) is 20.5 Å². The Kier molecular flexibility index (Phi) is 6.57. The number of rotatable bonds is 8. The summed E-state index contributed by atoms with van der Waals surface area (Å²) < 4.78 is 37.1. The lowest BCUT2D eigenvalue weighted by atomic mass is 10.1. The fourth-order valence-corrected chi connectivity index (χ4v) is 5.31. The molecule has 1 unspecified atom stereocenters. The largest absolute Gasteiger partial charge is 0.590 e. The van der Waals surface area contributed by atoms with Gasteiger partial charge in [-0.1, -0.05) is 30.3 Å². The normalized spacial score (nSPS) is 11.3. The highest BCUT2D eigenvalue weighted by molar-refractivity contribution is 7.35. The van der Waals surface area contributed by atoms with Crippen LogP contribution in [0.1, 0.15) is 5.56 Å². The van der Waals surface area contributed by atoms with E-state index in [0.29, 0.717) is 33.4 Å². The Labute approximate surface area is 206 Å². The minimum absolute atomic E-state index is 0.488. The van der Waals surface area contributed by atoms with E-state index in [4.69, 9.17) is 18.9 Å². The molecule has 0 amide bonds. The van der Waals surface area contributed by atoms with Gasteiger partial charge in [-0.2, -0.15) is 0 Å². The highest BCUT2D eigenvalue weighted by atomic mass is 32.2. The maximum absolute atomic E-state index is 13.6. The summed E-state index contributed by atoms with van der Waals surface area (Å²) in [7, 11) is 1.78. The molecule has 1 atom stereocenters. The number of benzene rings is 4. The van der Waals surface area contributed by atoms with E-state index in [2.05, 4.69) is 0 Å². The minimum atomic E-state index is -1.43. The lowest BCUT2D eigenvalue weighted by Gasteiger charge is -2.09. The van der Waals surface area contributed by atoms with Gasteiger partial charge in [0.15, 0.2) is 10.4 Å². The zero-order valence-corrected chi connectivity index (χ0v) is 20.2. The first-order chi connectivity index (χ1) is 17.2. The van der Waals surface area contributed by atoms with Gasteiger partial charge >= 0.3 is 0 Å². The van der Waals surface area contributed by atoms with Crippen LogP contribution in [0.5, 0.6) is 28.7 Å². The number of fused-ring (bicyclic) bond motifs is 1. The van der Waals surface area contributed by atoms with E-state index in [-0.39, 0.29) is 0 Å². The summed E-state index contributed by atoms with van der Waals surface area (Å²) in [5, 5.41) is 0.777. The molecule has 0 aliphatic rings. The SMILES string of the molecule is COc1ccc(-c2c(Oc3ccc(OCc4ccccc4)cc3)c3ccc(OC)cc3[s+]2[O-])cc1. The molecule has 5 aromatic rings. The Morgan fingerprint density at radius 1 is 0.686 bits per heavy atom. The molecule has 6 heteroatoms. The average molecular weight is 485 g/mol. The zero-order valence-electron chi connectivity index (χ0n) is 19.4. The van der Waals surface area contributed by atoms with Gasteiger partial charge in [-0.05, 0) is 77.0 Å². The second-order valence-electron chi connectivity index (χ2n) is 7.87. The third kappa shape index (κ3) is 4.80. The van der Waals surface area contributed by atoms with Crippen LogP contribution in [0.2, 0.25) is 0 Å². The van der Waals surface area contributed by atoms with E-state index in [1.165, 1.54) is 0 Å². The number of hydrogen-bond acceptors (Lipinski definition) is 5. The Balaban J connectivity index is 1.47. The van der Waals surface area contributed by atoms with Crippen LogP contribution in [0.15, 0.2) is 97.1 Å². The van der Waals surface area contributed by atoms with Crippen LogP contribution in [0.3, 0.4) is 0 Å². The van der Waals surface area contributed by atoms with Gasteiger partial charge in [0.2, 0.25) is 4.88 Å². The van der Waals surface area contributed by atoms with Crippen molar-refractivity contribution in [2.24, 2.45) is 0 Å². The van der Waals surface area contributed by atoms with E-state index < -0.39 is 10.8 Å².